The second kappa shape index (κ2) is 6.15. The molecule has 20 heavy (non-hydrogen) atoms. The van der Waals surface area contributed by atoms with E-state index in [1.807, 2.05) is 24.3 Å². The summed E-state index contributed by atoms with van der Waals surface area (Å²) in [5.74, 6) is -0.412. The second-order valence-corrected chi connectivity index (χ2v) is 4.95. The van der Waals surface area contributed by atoms with Crippen LogP contribution in [0.5, 0.6) is 0 Å². The van der Waals surface area contributed by atoms with Gasteiger partial charge in [-0.25, -0.2) is 0 Å². The SMILES string of the molecule is O=C(NCCCC(F)(F)F)C1CNc2ccccc2C1. The highest BCUT2D eigenvalue weighted by Crippen LogP contribution is 2.24. The van der Waals surface area contributed by atoms with Crippen LogP contribution in [0.15, 0.2) is 24.3 Å². The van der Waals surface area contributed by atoms with Crippen LogP contribution >= 0.6 is 0 Å². The lowest BCUT2D eigenvalue weighted by molar-refractivity contribution is -0.136. The summed E-state index contributed by atoms with van der Waals surface area (Å²) in [6, 6.07) is 7.73. The van der Waals surface area contributed by atoms with E-state index in [1.54, 1.807) is 0 Å². The molecule has 1 unspecified atom stereocenters. The van der Waals surface area contributed by atoms with E-state index in [2.05, 4.69) is 10.6 Å². The smallest absolute Gasteiger partial charge is 0.384 e. The zero-order chi connectivity index (χ0) is 14.6. The molecule has 0 saturated heterocycles. The highest BCUT2D eigenvalue weighted by atomic mass is 19.4. The normalized spacial score (nSPS) is 18.1. The summed E-state index contributed by atoms with van der Waals surface area (Å²) in [5.41, 5.74) is 2.09. The molecule has 1 heterocycles. The average molecular weight is 286 g/mol. The highest BCUT2D eigenvalue weighted by molar-refractivity contribution is 5.80. The third-order valence-corrected chi connectivity index (χ3v) is 3.33. The Morgan fingerprint density at radius 3 is 2.85 bits per heavy atom. The maximum Gasteiger partial charge on any atom is 0.389 e. The average Bonchev–Trinajstić information content (AvgIpc) is 2.42. The minimum atomic E-state index is -4.16. The molecular weight excluding hydrogens is 269 g/mol. The van der Waals surface area contributed by atoms with Crippen molar-refractivity contribution in [2.75, 3.05) is 18.4 Å². The Balaban J connectivity index is 1.77. The number of carbonyl (C=O) groups is 1. The van der Waals surface area contributed by atoms with Gasteiger partial charge >= 0.3 is 6.18 Å². The van der Waals surface area contributed by atoms with Crippen molar-refractivity contribution in [3.63, 3.8) is 0 Å². The first-order chi connectivity index (χ1) is 9.46. The number of carbonyl (C=O) groups excluding carboxylic acids is 1. The molecule has 6 heteroatoms. The molecule has 0 aliphatic carbocycles. The van der Waals surface area contributed by atoms with Crippen LogP contribution in [0.25, 0.3) is 0 Å². The van der Waals surface area contributed by atoms with E-state index < -0.39 is 12.6 Å². The van der Waals surface area contributed by atoms with Crippen molar-refractivity contribution in [2.24, 2.45) is 5.92 Å². The number of halogens is 3. The molecule has 1 aromatic rings. The van der Waals surface area contributed by atoms with Gasteiger partial charge in [0.15, 0.2) is 0 Å². The Hall–Kier alpha value is -1.72. The van der Waals surface area contributed by atoms with Crippen LogP contribution in [0.2, 0.25) is 0 Å². The molecule has 2 N–H and O–H groups in total. The fourth-order valence-electron chi connectivity index (χ4n) is 2.27. The Morgan fingerprint density at radius 2 is 2.10 bits per heavy atom. The summed E-state index contributed by atoms with van der Waals surface area (Å²) < 4.78 is 35.9. The van der Waals surface area contributed by atoms with Crippen molar-refractivity contribution in [1.82, 2.24) is 5.32 Å². The molecule has 0 radical (unpaired) electrons. The van der Waals surface area contributed by atoms with Gasteiger partial charge in [0.25, 0.3) is 0 Å². The van der Waals surface area contributed by atoms with Crippen LogP contribution < -0.4 is 10.6 Å². The molecule has 1 aromatic carbocycles. The quantitative estimate of drug-likeness (QED) is 0.836. The van der Waals surface area contributed by atoms with Gasteiger partial charge in [-0.3, -0.25) is 4.79 Å². The summed E-state index contributed by atoms with van der Waals surface area (Å²) in [5, 5.41) is 5.74. The number of hydrogen-bond acceptors (Lipinski definition) is 2. The third kappa shape index (κ3) is 4.15. The molecule has 0 saturated carbocycles. The predicted octanol–water partition coefficient (Wildman–Crippen LogP) is 2.73. The van der Waals surface area contributed by atoms with E-state index in [9.17, 15) is 18.0 Å². The van der Waals surface area contributed by atoms with Crippen LogP contribution in [0, 0.1) is 5.92 Å². The van der Waals surface area contributed by atoms with Crippen molar-refractivity contribution in [3.8, 4) is 0 Å². The van der Waals surface area contributed by atoms with Gasteiger partial charge in [-0.2, -0.15) is 13.2 Å². The third-order valence-electron chi connectivity index (χ3n) is 3.33. The van der Waals surface area contributed by atoms with E-state index in [0.29, 0.717) is 13.0 Å². The van der Waals surface area contributed by atoms with E-state index in [4.69, 9.17) is 0 Å². The number of fused-ring (bicyclic) bond motifs is 1. The van der Waals surface area contributed by atoms with E-state index in [-0.39, 0.29) is 24.8 Å². The summed E-state index contributed by atoms with van der Waals surface area (Å²) in [6.45, 7) is 0.582. The van der Waals surface area contributed by atoms with Gasteiger partial charge in [-0.05, 0) is 24.5 Å². The first kappa shape index (κ1) is 14.7. The summed E-state index contributed by atoms with van der Waals surface area (Å²) in [7, 11) is 0. The molecular formula is C14H17F3N2O. The Morgan fingerprint density at radius 1 is 1.35 bits per heavy atom. The lowest BCUT2D eigenvalue weighted by Crippen LogP contribution is -2.38. The van der Waals surface area contributed by atoms with E-state index in [0.717, 1.165) is 11.3 Å². The lowest BCUT2D eigenvalue weighted by Gasteiger charge is -2.25. The van der Waals surface area contributed by atoms with Gasteiger partial charge in [0.1, 0.15) is 0 Å². The Bertz CT molecular complexity index is 474. The zero-order valence-electron chi connectivity index (χ0n) is 11.0. The standard InChI is InChI=1S/C14H17F3N2O/c15-14(16,17)6-3-7-18-13(20)11-8-10-4-1-2-5-12(10)19-9-11/h1-2,4-5,11,19H,3,6-9H2,(H,18,20). The maximum atomic E-state index is 12.0. The van der Waals surface area contributed by atoms with Crippen molar-refractivity contribution >= 4 is 11.6 Å². The number of para-hydroxylation sites is 1. The highest BCUT2D eigenvalue weighted by Gasteiger charge is 2.27. The van der Waals surface area contributed by atoms with Crippen LogP contribution in [-0.2, 0) is 11.2 Å². The van der Waals surface area contributed by atoms with Crippen LogP contribution in [0.1, 0.15) is 18.4 Å². The number of rotatable bonds is 4. The summed E-state index contributed by atoms with van der Waals surface area (Å²) in [4.78, 5) is 11.9. The number of hydrogen-bond donors (Lipinski definition) is 2. The largest absolute Gasteiger partial charge is 0.389 e. The number of amides is 1. The van der Waals surface area contributed by atoms with Gasteiger partial charge in [-0.1, -0.05) is 18.2 Å². The van der Waals surface area contributed by atoms with Gasteiger partial charge in [0, 0.05) is 25.2 Å². The number of benzene rings is 1. The summed E-state index contributed by atoms with van der Waals surface area (Å²) in [6.07, 6.45) is -4.48. The van der Waals surface area contributed by atoms with Gasteiger partial charge < -0.3 is 10.6 Å². The van der Waals surface area contributed by atoms with Crippen molar-refractivity contribution in [3.05, 3.63) is 29.8 Å². The number of anilines is 1. The fraction of sp³-hybridized carbons (Fsp3) is 0.500. The number of alkyl halides is 3. The van der Waals surface area contributed by atoms with Crippen LogP contribution in [0.3, 0.4) is 0 Å². The molecule has 0 spiro atoms. The fourth-order valence-corrected chi connectivity index (χ4v) is 2.27. The monoisotopic (exact) mass is 286 g/mol. The topological polar surface area (TPSA) is 41.1 Å². The first-order valence-electron chi connectivity index (χ1n) is 6.62. The van der Waals surface area contributed by atoms with Crippen molar-refractivity contribution in [1.29, 1.82) is 0 Å². The predicted molar refractivity (Wildman–Crippen MR) is 70.4 cm³/mol. The number of nitrogens with one attached hydrogen (secondary N) is 2. The molecule has 1 amide bonds. The second-order valence-electron chi connectivity index (χ2n) is 4.95. The zero-order valence-corrected chi connectivity index (χ0v) is 11.0. The minimum absolute atomic E-state index is 0.0660. The molecule has 1 atom stereocenters. The van der Waals surface area contributed by atoms with E-state index >= 15 is 0 Å². The van der Waals surface area contributed by atoms with Crippen molar-refractivity contribution in [2.45, 2.75) is 25.4 Å². The van der Waals surface area contributed by atoms with Crippen molar-refractivity contribution < 1.29 is 18.0 Å². The Labute approximate surface area is 115 Å². The van der Waals surface area contributed by atoms with Gasteiger partial charge in [0.05, 0.1) is 5.92 Å². The Kier molecular flexibility index (Phi) is 4.52. The molecule has 3 nitrogen and oxygen atoms in total. The van der Waals surface area contributed by atoms with Gasteiger partial charge in [0.2, 0.25) is 5.91 Å². The molecule has 1 aliphatic rings. The lowest BCUT2D eigenvalue weighted by atomic mass is 9.93. The molecule has 110 valence electrons. The first-order valence-corrected chi connectivity index (χ1v) is 6.62. The molecule has 0 bridgehead atoms. The molecule has 2 rings (SSSR count). The maximum absolute atomic E-state index is 12.0. The van der Waals surface area contributed by atoms with E-state index in [1.165, 1.54) is 0 Å². The summed E-state index contributed by atoms with van der Waals surface area (Å²) >= 11 is 0. The molecule has 0 fully saturated rings. The molecule has 1 aliphatic heterocycles. The molecule has 0 aromatic heterocycles. The van der Waals surface area contributed by atoms with Gasteiger partial charge in [-0.15, -0.1) is 0 Å². The van der Waals surface area contributed by atoms with Crippen LogP contribution in [-0.4, -0.2) is 25.2 Å². The van der Waals surface area contributed by atoms with Crippen LogP contribution in [0.4, 0.5) is 18.9 Å². The minimum Gasteiger partial charge on any atom is -0.384 e.